The molecule has 0 atom stereocenters. The highest BCUT2D eigenvalue weighted by Gasteiger charge is 2.05. The van der Waals surface area contributed by atoms with Gasteiger partial charge in [-0.05, 0) is 18.5 Å². The van der Waals surface area contributed by atoms with Crippen molar-refractivity contribution in [3.8, 4) is 0 Å². The summed E-state index contributed by atoms with van der Waals surface area (Å²) in [6.45, 7) is 1.93. The van der Waals surface area contributed by atoms with Crippen LogP contribution >= 0.6 is 46.0 Å². The Morgan fingerprint density at radius 2 is 2.07 bits per heavy atom. The van der Waals surface area contributed by atoms with E-state index < -0.39 is 0 Å². The van der Waals surface area contributed by atoms with E-state index in [1.807, 2.05) is 6.92 Å². The van der Waals surface area contributed by atoms with Crippen LogP contribution in [0.15, 0.2) is 4.34 Å². The molecule has 0 aliphatic rings. The molecule has 0 amide bonds. The van der Waals surface area contributed by atoms with Crippen LogP contribution in [0.2, 0.25) is 4.47 Å². The lowest BCUT2D eigenvalue weighted by Gasteiger charge is -1.89. The number of nitrogens with zero attached hydrogens (tertiary/aromatic N) is 4. The fourth-order valence-corrected chi connectivity index (χ4v) is 3.42. The molecule has 0 spiro atoms. The predicted molar refractivity (Wildman–Crippen MR) is 59.1 cm³/mol. The van der Waals surface area contributed by atoms with Gasteiger partial charge >= 0.3 is 0 Å². The van der Waals surface area contributed by atoms with E-state index >= 15 is 0 Å². The molecule has 2 rings (SSSR count). The number of rotatable bonds is 3. The third-order valence-electron chi connectivity index (χ3n) is 1.27. The quantitative estimate of drug-likeness (QED) is 0.798. The summed E-state index contributed by atoms with van der Waals surface area (Å²) >= 11 is 10.2. The number of aryl methyl sites for hydroxylation is 1. The molecule has 2 aromatic rings. The van der Waals surface area contributed by atoms with Gasteiger partial charge in [-0.15, -0.1) is 20.4 Å². The van der Waals surface area contributed by atoms with Crippen LogP contribution in [0.3, 0.4) is 0 Å². The molecule has 2 heterocycles. The molecule has 0 bridgehead atoms. The van der Waals surface area contributed by atoms with Crippen molar-refractivity contribution in [1.29, 1.82) is 0 Å². The molecule has 0 aliphatic heterocycles. The van der Waals surface area contributed by atoms with Gasteiger partial charge < -0.3 is 0 Å². The van der Waals surface area contributed by atoms with Gasteiger partial charge in [-0.2, -0.15) is 0 Å². The van der Waals surface area contributed by atoms with Crippen LogP contribution in [-0.4, -0.2) is 20.4 Å². The van der Waals surface area contributed by atoms with Gasteiger partial charge in [0.1, 0.15) is 10.0 Å². The second-order valence-corrected chi connectivity index (χ2v) is 6.37. The highest BCUT2D eigenvalue weighted by molar-refractivity contribution is 8.00. The largest absolute Gasteiger partial charge is 0.207 e. The standard InChI is InChI=1S/C6H5ClN4S3/c1-3-8-11-6(13-3)12-2-4-9-10-5(7)14-4/h2H2,1H3. The summed E-state index contributed by atoms with van der Waals surface area (Å²) in [5, 5.41) is 17.4. The maximum Gasteiger partial charge on any atom is 0.207 e. The van der Waals surface area contributed by atoms with Crippen LogP contribution in [-0.2, 0) is 5.75 Å². The zero-order valence-electron chi connectivity index (χ0n) is 7.10. The summed E-state index contributed by atoms with van der Waals surface area (Å²) in [7, 11) is 0. The maximum absolute atomic E-state index is 5.66. The molecule has 8 heteroatoms. The lowest BCUT2D eigenvalue weighted by atomic mass is 10.9. The molecule has 2 aromatic heterocycles. The highest BCUT2D eigenvalue weighted by Crippen LogP contribution is 2.27. The fraction of sp³-hybridized carbons (Fsp3) is 0.333. The molecule has 0 saturated carbocycles. The zero-order chi connectivity index (χ0) is 9.97. The van der Waals surface area contributed by atoms with Gasteiger partial charge in [-0.25, -0.2) is 0 Å². The van der Waals surface area contributed by atoms with E-state index in [1.54, 1.807) is 23.1 Å². The maximum atomic E-state index is 5.66. The number of hydrogen-bond donors (Lipinski definition) is 0. The second kappa shape index (κ2) is 4.52. The van der Waals surface area contributed by atoms with Crippen molar-refractivity contribution in [2.24, 2.45) is 0 Å². The fourth-order valence-electron chi connectivity index (χ4n) is 0.752. The third kappa shape index (κ3) is 2.63. The summed E-state index contributed by atoms with van der Waals surface area (Å²) in [4.78, 5) is 0. The SMILES string of the molecule is Cc1nnc(SCc2nnc(Cl)s2)s1. The number of thioether (sulfide) groups is 1. The molecule has 0 aliphatic carbocycles. The van der Waals surface area contributed by atoms with E-state index in [0.717, 1.165) is 20.1 Å². The summed E-state index contributed by atoms with van der Waals surface area (Å²) < 4.78 is 1.43. The molecule has 0 unspecified atom stereocenters. The van der Waals surface area contributed by atoms with E-state index in [2.05, 4.69) is 20.4 Å². The first kappa shape index (κ1) is 10.3. The average molecular weight is 265 g/mol. The van der Waals surface area contributed by atoms with Gasteiger partial charge in [-0.3, -0.25) is 0 Å². The Balaban J connectivity index is 1.94. The van der Waals surface area contributed by atoms with Gasteiger partial charge in [-0.1, -0.05) is 34.4 Å². The molecule has 74 valence electrons. The Morgan fingerprint density at radius 1 is 1.21 bits per heavy atom. The molecule has 0 aromatic carbocycles. The minimum Gasteiger partial charge on any atom is -0.143 e. The van der Waals surface area contributed by atoms with Gasteiger partial charge in [0.2, 0.25) is 4.47 Å². The number of halogens is 1. The molecule has 0 N–H and O–H groups in total. The van der Waals surface area contributed by atoms with Crippen molar-refractivity contribution in [1.82, 2.24) is 20.4 Å². The van der Waals surface area contributed by atoms with Crippen LogP contribution in [0.5, 0.6) is 0 Å². The van der Waals surface area contributed by atoms with E-state index in [0.29, 0.717) is 4.47 Å². The number of aromatic nitrogens is 4. The summed E-state index contributed by atoms with van der Waals surface area (Å²) in [5.41, 5.74) is 0. The molecular formula is C6H5ClN4S3. The van der Waals surface area contributed by atoms with Crippen LogP contribution in [0, 0.1) is 6.92 Å². The van der Waals surface area contributed by atoms with Crippen LogP contribution in [0.1, 0.15) is 10.0 Å². The topological polar surface area (TPSA) is 51.6 Å². The normalized spacial score (nSPS) is 10.7. The van der Waals surface area contributed by atoms with Gasteiger partial charge in [0.05, 0.1) is 5.75 Å². The van der Waals surface area contributed by atoms with E-state index in [-0.39, 0.29) is 0 Å². The Labute approximate surface area is 97.7 Å². The Bertz CT molecular complexity index is 386. The van der Waals surface area contributed by atoms with Crippen LogP contribution in [0.4, 0.5) is 0 Å². The average Bonchev–Trinajstić information content (AvgIpc) is 2.72. The lowest BCUT2D eigenvalue weighted by molar-refractivity contribution is 0.981. The Kier molecular flexibility index (Phi) is 3.32. The summed E-state index contributed by atoms with van der Waals surface area (Å²) in [6, 6.07) is 0. The van der Waals surface area contributed by atoms with Crippen molar-refractivity contribution >= 4 is 46.0 Å². The Morgan fingerprint density at radius 3 is 2.64 bits per heavy atom. The van der Waals surface area contributed by atoms with E-state index in [4.69, 9.17) is 11.6 Å². The first-order valence-electron chi connectivity index (χ1n) is 3.65. The minimum absolute atomic E-state index is 0.481. The smallest absolute Gasteiger partial charge is 0.143 e. The molecule has 0 fully saturated rings. The van der Waals surface area contributed by atoms with Crippen molar-refractivity contribution in [2.45, 2.75) is 17.0 Å². The summed E-state index contributed by atoms with van der Waals surface area (Å²) in [5.74, 6) is 0.749. The number of hydrogen-bond acceptors (Lipinski definition) is 7. The van der Waals surface area contributed by atoms with Crippen molar-refractivity contribution in [3.05, 3.63) is 14.5 Å². The van der Waals surface area contributed by atoms with Crippen molar-refractivity contribution in [2.75, 3.05) is 0 Å². The lowest BCUT2D eigenvalue weighted by Crippen LogP contribution is -1.78. The molecule has 0 saturated heterocycles. The molecule has 0 radical (unpaired) electrons. The van der Waals surface area contributed by atoms with Crippen LogP contribution < -0.4 is 0 Å². The van der Waals surface area contributed by atoms with Gasteiger partial charge in [0.25, 0.3) is 0 Å². The molecular weight excluding hydrogens is 260 g/mol. The second-order valence-electron chi connectivity index (χ2n) is 2.32. The first-order chi connectivity index (χ1) is 6.74. The molecule has 14 heavy (non-hydrogen) atoms. The summed E-state index contributed by atoms with van der Waals surface area (Å²) in [6.07, 6.45) is 0. The third-order valence-corrected chi connectivity index (χ3v) is 4.45. The zero-order valence-corrected chi connectivity index (χ0v) is 10.3. The monoisotopic (exact) mass is 264 g/mol. The van der Waals surface area contributed by atoms with E-state index in [9.17, 15) is 0 Å². The van der Waals surface area contributed by atoms with Gasteiger partial charge in [0, 0.05) is 0 Å². The Hall–Kier alpha value is -0.240. The first-order valence-corrected chi connectivity index (χ1v) is 6.64. The van der Waals surface area contributed by atoms with Crippen molar-refractivity contribution < 1.29 is 0 Å². The molecule has 4 nitrogen and oxygen atoms in total. The highest BCUT2D eigenvalue weighted by atomic mass is 35.5. The predicted octanol–water partition coefficient (Wildman–Crippen LogP) is 2.64. The van der Waals surface area contributed by atoms with Gasteiger partial charge in [0.15, 0.2) is 4.34 Å². The minimum atomic E-state index is 0.481. The van der Waals surface area contributed by atoms with E-state index in [1.165, 1.54) is 11.3 Å². The van der Waals surface area contributed by atoms with Crippen molar-refractivity contribution in [3.63, 3.8) is 0 Å². The van der Waals surface area contributed by atoms with Crippen LogP contribution in [0.25, 0.3) is 0 Å².